The fourth-order valence-electron chi connectivity index (χ4n) is 1.74. The lowest BCUT2D eigenvalue weighted by Gasteiger charge is -2.05. The van der Waals surface area contributed by atoms with Crippen molar-refractivity contribution in [1.29, 1.82) is 0 Å². The van der Waals surface area contributed by atoms with Gasteiger partial charge in [-0.1, -0.05) is 6.58 Å². The second-order valence-corrected chi connectivity index (χ2v) is 4.67. The summed E-state index contributed by atoms with van der Waals surface area (Å²) in [7, 11) is 1.30. The Balaban J connectivity index is 2.22. The van der Waals surface area contributed by atoms with Crippen LogP contribution in [0.25, 0.3) is 0 Å². The maximum atomic E-state index is 11.7. The van der Waals surface area contributed by atoms with E-state index in [-0.39, 0.29) is 12.4 Å². The van der Waals surface area contributed by atoms with Crippen LogP contribution < -0.4 is 4.74 Å². The first-order valence-electron chi connectivity index (χ1n) is 7.25. The van der Waals surface area contributed by atoms with Crippen LogP contribution in [0.3, 0.4) is 0 Å². The van der Waals surface area contributed by atoms with Gasteiger partial charge in [-0.25, -0.2) is 9.59 Å². The molecule has 0 radical (unpaired) electrons. The monoisotopic (exact) mass is 320 g/mol. The van der Waals surface area contributed by atoms with E-state index in [1.54, 1.807) is 12.1 Å². The van der Waals surface area contributed by atoms with E-state index in [4.69, 9.17) is 9.47 Å². The van der Waals surface area contributed by atoms with Crippen molar-refractivity contribution in [1.82, 2.24) is 0 Å². The number of benzene rings is 1. The van der Waals surface area contributed by atoms with Crippen molar-refractivity contribution < 1.29 is 28.6 Å². The second-order valence-electron chi connectivity index (χ2n) is 4.67. The smallest absolute Gasteiger partial charge is 0.337 e. The normalized spacial score (nSPS) is 9.78. The van der Waals surface area contributed by atoms with E-state index in [0.717, 1.165) is 12.5 Å². The minimum atomic E-state index is -0.445. The minimum Gasteiger partial charge on any atom is -0.465 e. The molecule has 1 aromatic rings. The Morgan fingerprint density at radius 3 is 2.39 bits per heavy atom. The molecule has 0 atom stereocenters. The van der Waals surface area contributed by atoms with E-state index in [2.05, 4.69) is 11.3 Å². The Hall–Kier alpha value is -2.63. The van der Waals surface area contributed by atoms with Crippen LogP contribution in [-0.4, -0.2) is 31.6 Å². The molecule has 1 rings (SSSR count). The third-order valence-corrected chi connectivity index (χ3v) is 2.94. The molecule has 0 spiro atoms. The second kappa shape index (κ2) is 10.2. The summed E-state index contributed by atoms with van der Waals surface area (Å²) in [4.78, 5) is 33.7. The maximum absolute atomic E-state index is 11.7. The summed E-state index contributed by atoms with van der Waals surface area (Å²) >= 11 is 0. The predicted octanol–water partition coefficient (Wildman–Crippen LogP) is 2.67. The Kier molecular flexibility index (Phi) is 8.13. The van der Waals surface area contributed by atoms with E-state index < -0.39 is 11.9 Å². The zero-order valence-electron chi connectivity index (χ0n) is 13.1. The molecule has 1 aromatic carbocycles. The van der Waals surface area contributed by atoms with Gasteiger partial charge in [-0.2, -0.15) is 0 Å². The average molecular weight is 320 g/mol. The van der Waals surface area contributed by atoms with Crippen LogP contribution in [0.2, 0.25) is 0 Å². The van der Waals surface area contributed by atoms with Crippen LogP contribution in [0.15, 0.2) is 36.9 Å². The number of methoxy groups -OCH3 is 1. The van der Waals surface area contributed by atoms with E-state index in [9.17, 15) is 14.4 Å². The van der Waals surface area contributed by atoms with E-state index >= 15 is 0 Å². The molecular formula is C17H20O6. The number of ether oxygens (including phenoxy) is 3. The number of rotatable bonds is 9. The van der Waals surface area contributed by atoms with Gasteiger partial charge in [0, 0.05) is 12.5 Å². The Morgan fingerprint density at radius 1 is 1.09 bits per heavy atom. The lowest BCUT2D eigenvalue weighted by Crippen LogP contribution is -2.08. The summed E-state index contributed by atoms with van der Waals surface area (Å²) in [6.07, 6.45) is 3.46. The van der Waals surface area contributed by atoms with Gasteiger partial charge in [0.1, 0.15) is 5.75 Å². The van der Waals surface area contributed by atoms with Crippen molar-refractivity contribution in [2.45, 2.75) is 25.7 Å². The van der Waals surface area contributed by atoms with Gasteiger partial charge in [0.15, 0.2) is 0 Å². The van der Waals surface area contributed by atoms with E-state index in [1.165, 1.54) is 19.2 Å². The third-order valence-electron chi connectivity index (χ3n) is 2.94. The molecule has 23 heavy (non-hydrogen) atoms. The van der Waals surface area contributed by atoms with Gasteiger partial charge in [-0.15, -0.1) is 0 Å². The molecule has 0 saturated heterocycles. The van der Waals surface area contributed by atoms with Crippen LogP contribution in [0, 0.1) is 0 Å². The highest BCUT2D eigenvalue weighted by atomic mass is 16.5. The molecule has 0 heterocycles. The van der Waals surface area contributed by atoms with Gasteiger partial charge in [0.25, 0.3) is 0 Å². The van der Waals surface area contributed by atoms with Crippen molar-refractivity contribution in [3.8, 4) is 5.75 Å². The maximum Gasteiger partial charge on any atom is 0.337 e. The van der Waals surface area contributed by atoms with Crippen molar-refractivity contribution in [3.63, 3.8) is 0 Å². The summed E-state index contributed by atoms with van der Waals surface area (Å²) < 4.78 is 14.6. The van der Waals surface area contributed by atoms with Crippen LogP contribution in [0.1, 0.15) is 36.0 Å². The highest BCUT2D eigenvalue weighted by Crippen LogP contribution is 2.14. The van der Waals surface area contributed by atoms with Gasteiger partial charge in [-0.3, -0.25) is 4.79 Å². The number of unbranched alkanes of at least 4 members (excludes halogenated alkanes) is 2. The summed E-state index contributed by atoms with van der Waals surface area (Å²) in [5.74, 6) is -0.860. The van der Waals surface area contributed by atoms with Crippen LogP contribution in [-0.2, 0) is 19.1 Å². The Bertz CT molecular complexity index is 547. The first-order chi connectivity index (χ1) is 11.1. The SMILES string of the molecule is C=CC(=O)OCCCCCC(=O)Oc1ccc(C(=O)OC)cc1. The summed E-state index contributed by atoms with van der Waals surface area (Å²) in [5, 5.41) is 0. The molecule has 0 fully saturated rings. The fourth-order valence-corrected chi connectivity index (χ4v) is 1.74. The summed E-state index contributed by atoms with van der Waals surface area (Å²) in [6.45, 7) is 3.61. The van der Waals surface area contributed by atoms with Gasteiger partial charge in [0.2, 0.25) is 0 Å². The molecule has 0 unspecified atom stereocenters. The van der Waals surface area contributed by atoms with E-state index in [0.29, 0.717) is 30.8 Å². The van der Waals surface area contributed by atoms with Crippen molar-refractivity contribution in [3.05, 3.63) is 42.5 Å². The molecular weight excluding hydrogens is 300 g/mol. The number of esters is 3. The molecule has 0 amide bonds. The van der Waals surface area contributed by atoms with Crippen molar-refractivity contribution in [2.75, 3.05) is 13.7 Å². The van der Waals surface area contributed by atoms with Crippen LogP contribution in [0.4, 0.5) is 0 Å². The van der Waals surface area contributed by atoms with Crippen LogP contribution >= 0.6 is 0 Å². The van der Waals surface area contributed by atoms with Gasteiger partial charge in [-0.05, 0) is 43.5 Å². The zero-order valence-corrected chi connectivity index (χ0v) is 13.1. The molecule has 0 bridgehead atoms. The molecule has 0 saturated carbocycles. The lowest BCUT2D eigenvalue weighted by atomic mass is 10.2. The standard InChI is InChI=1S/C17H20O6/c1-3-15(18)22-12-6-4-5-7-16(19)23-14-10-8-13(9-11-14)17(20)21-2/h3,8-11H,1,4-7,12H2,2H3. The zero-order chi connectivity index (χ0) is 17.1. The first-order valence-corrected chi connectivity index (χ1v) is 7.25. The van der Waals surface area contributed by atoms with Crippen LogP contribution in [0.5, 0.6) is 5.75 Å². The van der Waals surface area contributed by atoms with E-state index in [1.807, 2.05) is 0 Å². The highest BCUT2D eigenvalue weighted by molar-refractivity contribution is 5.89. The Morgan fingerprint density at radius 2 is 1.78 bits per heavy atom. The molecule has 0 aliphatic rings. The minimum absolute atomic E-state index is 0.272. The molecule has 0 aromatic heterocycles. The molecule has 6 heteroatoms. The predicted molar refractivity (Wildman–Crippen MR) is 83.0 cm³/mol. The summed E-state index contributed by atoms with van der Waals surface area (Å²) in [6, 6.07) is 6.14. The van der Waals surface area contributed by atoms with Gasteiger partial charge in [0.05, 0.1) is 19.3 Å². The molecule has 124 valence electrons. The average Bonchev–Trinajstić information content (AvgIpc) is 2.57. The fraction of sp³-hybridized carbons (Fsp3) is 0.353. The van der Waals surface area contributed by atoms with Crippen molar-refractivity contribution >= 4 is 17.9 Å². The number of carbonyl (C=O) groups excluding carboxylic acids is 3. The third kappa shape index (κ3) is 7.26. The first kappa shape index (κ1) is 18.4. The molecule has 0 N–H and O–H groups in total. The summed E-state index contributed by atoms with van der Waals surface area (Å²) in [5.41, 5.74) is 0.390. The molecule has 6 nitrogen and oxygen atoms in total. The topological polar surface area (TPSA) is 78.9 Å². The largest absolute Gasteiger partial charge is 0.465 e. The quantitative estimate of drug-likeness (QED) is 0.301. The van der Waals surface area contributed by atoms with Crippen molar-refractivity contribution in [2.24, 2.45) is 0 Å². The molecule has 0 aliphatic heterocycles. The number of hydrogen-bond donors (Lipinski definition) is 0. The van der Waals surface area contributed by atoms with Gasteiger partial charge < -0.3 is 14.2 Å². The number of hydrogen-bond acceptors (Lipinski definition) is 6. The Labute approximate surface area is 135 Å². The highest BCUT2D eigenvalue weighted by Gasteiger charge is 2.08. The lowest BCUT2D eigenvalue weighted by molar-refractivity contribution is -0.138. The number of carbonyl (C=O) groups is 3. The van der Waals surface area contributed by atoms with Gasteiger partial charge >= 0.3 is 17.9 Å². The molecule has 0 aliphatic carbocycles.